The van der Waals surface area contributed by atoms with Crippen LogP contribution in [-0.4, -0.2) is 18.4 Å². The molecule has 4 nitrogen and oxygen atoms in total. The van der Waals surface area contributed by atoms with E-state index in [2.05, 4.69) is 29.7 Å². The van der Waals surface area contributed by atoms with Crippen molar-refractivity contribution in [1.82, 2.24) is 5.32 Å². The van der Waals surface area contributed by atoms with E-state index < -0.39 is 0 Å². The van der Waals surface area contributed by atoms with Crippen molar-refractivity contribution >= 4 is 29.3 Å². The van der Waals surface area contributed by atoms with Crippen molar-refractivity contribution in [2.24, 2.45) is 0 Å². The van der Waals surface area contributed by atoms with Crippen molar-refractivity contribution in [1.29, 1.82) is 0 Å². The van der Waals surface area contributed by atoms with E-state index >= 15 is 0 Å². The van der Waals surface area contributed by atoms with Gasteiger partial charge in [0.1, 0.15) is 0 Å². The highest BCUT2D eigenvalue weighted by Crippen LogP contribution is 2.38. The van der Waals surface area contributed by atoms with Gasteiger partial charge in [0.25, 0.3) is 11.8 Å². The maximum atomic E-state index is 12.6. The van der Waals surface area contributed by atoms with Gasteiger partial charge in [-0.25, -0.2) is 0 Å². The fourth-order valence-corrected chi connectivity index (χ4v) is 4.17. The number of fused-ring (bicyclic) bond motifs is 2. The lowest BCUT2D eigenvalue weighted by molar-refractivity contribution is 0.0950. The lowest BCUT2D eigenvalue weighted by Crippen LogP contribution is -2.27. The molecule has 3 aromatic rings. The SMILES string of the molecule is CC(CNC(=O)c1ccc2c(c1)NC(=O)c1ccccc1S2)c1ccccc1. The van der Waals surface area contributed by atoms with E-state index in [-0.39, 0.29) is 17.7 Å². The predicted molar refractivity (Wildman–Crippen MR) is 112 cm³/mol. The molecule has 1 unspecified atom stereocenters. The van der Waals surface area contributed by atoms with Crippen molar-refractivity contribution in [3.05, 3.63) is 89.5 Å². The zero-order chi connectivity index (χ0) is 19.5. The molecule has 1 heterocycles. The molecule has 0 fully saturated rings. The lowest BCUT2D eigenvalue weighted by Gasteiger charge is -2.14. The summed E-state index contributed by atoms with van der Waals surface area (Å²) >= 11 is 1.53. The Kier molecular flexibility index (Phi) is 5.17. The van der Waals surface area contributed by atoms with Crippen LogP contribution in [0.2, 0.25) is 0 Å². The predicted octanol–water partition coefficient (Wildman–Crippen LogP) is 4.94. The van der Waals surface area contributed by atoms with Crippen LogP contribution >= 0.6 is 11.8 Å². The Labute approximate surface area is 168 Å². The van der Waals surface area contributed by atoms with Gasteiger partial charge in [0.05, 0.1) is 11.3 Å². The molecule has 1 aliphatic heterocycles. The Morgan fingerprint density at radius 3 is 2.57 bits per heavy atom. The fourth-order valence-electron chi connectivity index (χ4n) is 3.16. The highest BCUT2D eigenvalue weighted by Gasteiger charge is 2.20. The van der Waals surface area contributed by atoms with Gasteiger partial charge in [0, 0.05) is 21.9 Å². The fraction of sp³-hybridized carbons (Fsp3) is 0.130. The summed E-state index contributed by atoms with van der Waals surface area (Å²) in [5.74, 6) is -0.0839. The van der Waals surface area contributed by atoms with Gasteiger partial charge in [-0.15, -0.1) is 0 Å². The van der Waals surface area contributed by atoms with Crippen molar-refractivity contribution in [2.45, 2.75) is 22.6 Å². The number of amides is 2. The zero-order valence-electron chi connectivity index (χ0n) is 15.4. The van der Waals surface area contributed by atoms with Crippen LogP contribution in [0.25, 0.3) is 0 Å². The Morgan fingerprint density at radius 2 is 1.75 bits per heavy atom. The molecule has 3 aromatic carbocycles. The number of rotatable bonds is 4. The van der Waals surface area contributed by atoms with Crippen LogP contribution in [0.5, 0.6) is 0 Å². The highest BCUT2D eigenvalue weighted by atomic mass is 32.2. The van der Waals surface area contributed by atoms with Gasteiger partial charge < -0.3 is 10.6 Å². The molecular formula is C23H20N2O2S. The normalized spacial score (nSPS) is 13.5. The van der Waals surface area contributed by atoms with E-state index in [0.29, 0.717) is 23.4 Å². The molecule has 0 aromatic heterocycles. The summed E-state index contributed by atoms with van der Waals surface area (Å²) in [7, 11) is 0. The van der Waals surface area contributed by atoms with Crippen molar-refractivity contribution in [2.75, 3.05) is 11.9 Å². The van der Waals surface area contributed by atoms with Gasteiger partial charge in [-0.3, -0.25) is 9.59 Å². The summed E-state index contributed by atoms with van der Waals surface area (Å²) < 4.78 is 0. The van der Waals surface area contributed by atoms with Gasteiger partial charge in [-0.2, -0.15) is 0 Å². The van der Waals surface area contributed by atoms with E-state index in [1.807, 2.05) is 48.5 Å². The standard InChI is InChI=1S/C23H20N2O2S/c1-15(16-7-3-2-4-8-16)14-24-22(26)17-11-12-21-19(13-17)25-23(27)18-9-5-6-10-20(18)28-21/h2-13,15H,14H2,1H3,(H,24,26)(H,25,27). The summed E-state index contributed by atoms with van der Waals surface area (Å²) in [6.07, 6.45) is 0. The Balaban J connectivity index is 1.49. The summed E-state index contributed by atoms with van der Waals surface area (Å²) in [4.78, 5) is 27.0. The molecular weight excluding hydrogens is 368 g/mol. The van der Waals surface area contributed by atoms with Crippen LogP contribution < -0.4 is 10.6 Å². The third kappa shape index (κ3) is 3.80. The Morgan fingerprint density at radius 1 is 1.00 bits per heavy atom. The molecule has 0 aliphatic carbocycles. The average Bonchev–Trinajstić information content (AvgIpc) is 2.87. The first kappa shape index (κ1) is 18.3. The third-order valence-corrected chi connectivity index (χ3v) is 5.93. The van der Waals surface area contributed by atoms with E-state index in [9.17, 15) is 9.59 Å². The van der Waals surface area contributed by atoms with E-state index in [4.69, 9.17) is 0 Å². The molecule has 140 valence electrons. The number of carbonyl (C=O) groups excluding carboxylic acids is 2. The minimum Gasteiger partial charge on any atom is -0.351 e. The number of nitrogens with one attached hydrogen (secondary N) is 2. The zero-order valence-corrected chi connectivity index (χ0v) is 16.3. The molecule has 1 atom stereocenters. The van der Waals surface area contributed by atoms with Crippen LogP contribution in [0.15, 0.2) is 82.6 Å². The number of carbonyl (C=O) groups is 2. The van der Waals surface area contributed by atoms with Crippen LogP contribution in [0, 0.1) is 0 Å². The molecule has 2 amide bonds. The highest BCUT2D eigenvalue weighted by molar-refractivity contribution is 7.99. The first-order valence-corrected chi connectivity index (χ1v) is 9.99. The van der Waals surface area contributed by atoms with Crippen LogP contribution in [0.1, 0.15) is 39.1 Å². The van der Waals surface area contributed by atoms with Crippen LogP contribution in [-0.2, 0) is 0 Å². The second kappa shape index (κ2) is 7.90. The number of hydrogen-bond acceptors (Lipinski definition) is 3. The maximum Gasteiger partial charge on any atom is 0.256 e. The lowest BCUT2D eigenvalue weighted by atomic mass is 10.0. The summed E-state index contributed by atoms with van der Waals surface area (Å²) in [6.45, 7) is 2.63. The third-order valence-electron chi connectivity index (χ3n) is 4.78. The molecule has 0 saturated carbocycles. The average molecular weight is 388 g/mol. The Bertz CT molecular complexity index is 1030. The summed E-state index contributed by atoms with van der Waals surface area (Å²) in [5.41, 5.74) is 3.03. The summed E-state index contributed by atoms with van der Waals surface area (Å²) in [6, 6.07) is 23.0. The maximum absolute atomic E-state index is 12.6. The molecule has 0 saturated heterocycles. The molecule has 28 heavy (non-hydrogen) atoms. The molecule has 0 radical (unpaired) electrons. The second-order valence-corrected chi connectivity index (χ2v) is 7.87. The van der Waals surface area contributed by atoms with Gasteiger partial charge in [-0.05, 0) is 41.8 Å². The second-order valence-electron chi connectivity index (χ2n) is 6.79. The monoisotopic (exact) mass is 388 g/mol. The van der Waals surface area contributed by atoms with E-state index in [1.54, 1.807) is 12.1 Å². The molecule has 0 bridgehead atoms. The molecule has 2 N–H and O–H groups in total. The number of anilines is 1. The first-order valence-electron chi connectivity index (χ1n) is 9.17. The van der Waals surface area contributed by atoms with Crippen molar-refractivity contribution in [3.63, 3.8) is 0 Å². The molecule has 5 heteroatoms. The van der Waals surface area contributed by atoms with Gasteiger partial charge >= 0.3 is 0 Å². The molecule has 1 aliphatic rings. The Hall–Kier alpha value is -3.05. The van der Waals surface area contributed by atoms with Gasteiger partial charge in [-0.1, -0.05) is 61.2 Å². The van der Waals surface area contributed by atoms with Crippen LogP contribution in [0.4, 0.5) is 5.69 Å². The minimum absolute atomic E-state index is 0.147. The largest absolute Gasteiger partial charge is 0.351 e. The minimum atomic E-state index is -0.155. The summed E-state index contributed by atoms with van der Waals surface area (Å²) in [5, 5.41) is 5.91. The first-order chi connectivity index (χ1) is 13.6. The van der Waals surface area contributed by atoms with Crippen LogP contribution in [0.3, 0.4) is 0 Å². The number of benzene rings is 3. The van der Waals surface area contributed by atoms with E-state index in [1.165, 1.54) is 17.3 Å². The quantitative estimate of drug-likeness (QED) is 0.666. The molecule has 0 spiro atoms. The van der Waals surface area contributed by atoms with Gasteiger partial charge in [0.15, 0.2) is 0 Å². The number of hydrogen-bond donors (Lipinski definition) is 2. The smallest absolute Gasteiger partial charge is 0.256 e. The van der Waals surface area contributed by atoms with Crippen molar-refractivity contribution < 1.29 is 9.59 Å². The van der Waals surface area contributed by atoms with E-state index in [0.717, 1.165) is 9.79 Å². The van der Waals surface area contributed by atoms with Gasteiger partial charge in [0.2, 0.25) is 0 Å². The topological polar surface area (TPSA) is 58.2 Å². The molecule has 4 rings (SSSR count). The van der Waals surface area contributed by atoms with Crippen molar-refractivity contribution in [3.8, 4) is 0 Å².